The van der Waals surface area contributed by atoms with Crippen molar-refractivity contribution in [2.75, 3.05) is 13.1 Å². The molecule has 0 spiro atoms. The number of aromatic nitrogens is 5. The molecule has 1 aliphatic heterocycles. The Morgan fingerprint density at radius 1 is 1.50 bits per heavy atom. The number of nitrogens with zero attached hydrogens (tertiary/aromatic N) is 5. The molecule has 2 aromatic heterocycles. The Hall–Kier alpha value is -2.38. The van der Waals surface area contributed by atoms with E-state index in [4.69, 9.17) is 0 Å². The number of rotatable bonds is 3. The third-order valence-electron chi connectivity index (χ3n) is 4.03. The highest BCUT2D eigenvalue weighted by Crippen LogP contribution is 2.19. The molecule has 22 heavy (non-hydrogen) atoms. The predicted molar refractivity (Wildman–Crippen MR) is 80.8 cm³/mol. The lowest BCUT2D eigenvalue weighted by molar-refractivity contribution is 0.169. The third kappa shape index (κ3) is 2.95. The van der Waals surface area contributed by atoms with Crippen LogP contribution in [0.25, 0.3) is 11.4 Å². The second-order valence-electron chi connectivity index (χ2n) is 5.81. The quantitative estimate of drug-likeness (QED) is 0.889. The normalized spacial score (nSPS) is 18.5. The van der Waals surface area contributed by atoms with Gasteiger partial charge in [0.1, 0.15) is 11.4 Å². The molecule has 0 saturated carbocycles. The van der Waals surface area contributed by atoms with E-state index in [1.165, 1.54) is 6.42 Å². The monoisotopic (exact) mass is 303 g/mol. The smallest absolute Gasteiger partial charge is 0.317 e. The summed E-state index contributed by atoms with van der Waals surface area (Å²) < 4.78 is 1.73. The minimum atomic E-state index is -0.0366. The summed E-state index contributed by atoms with van der Waals surface area (Å²) in [4.78, 5) is 14.1. The number of piperidine rings is 1. The van der Waals surface area contributed by atoms with Crippen LogP contribution < -0.4 is 5.32 Å². The van der Waals surface area contributed by atoms with Crippen LogP contribution in [-0.2, 0) is 13.6 Å². The Labute approximate surface area is 128 Å². The molecule has 8 nitrogen and oxygen atoms in total. The summed E-state index contributed by atoms with van der Waals surface area (Å²) in [5, 5.41) is 18.0. The van der Waals surface area contributed by atoms with Gasteiger partial charge in [-0.05, 0) is 24.8 Å². The first-order chi connectivity index (χ1) is 10.6. The first-order valence-corrected chi connectivity index (χ1v) is 7.56. The van der Waals surface area contributed by atoms with Gasteiger partial charge in [0.15, 0.2) is 0 Å². The maximum absolute atomic E-state index is 12.2. The molecule has 1 unspecified atom stereocenters. The Balaban J connectivity index is 1.64. The number of H-pyrrole nitrogens is 1. The molecule has 1 saturated heterocycles. The molecule has 3 heterocycles. The van der Waals surface area contributed by atoms with Crippen LogP contribution in [0.3, 0.4) is 0 Å². The van der Waals surface area contributed by atoms with Crippen LogP contribution in [-0.4, -0.2) is 49.2 Å². The summed E-state index contributed by atoms with van der Waals surface area (Å²) in [6.45, 7) is 4.17. The van der Waals surface area contributed by atoms with Gasteiger partial charge < -0.3 is 10.2 Å². The number of likely N-dealkylation sites (tertiary alicyclic amines) is 1. The average molecular weight is 303 g/mol. The fourth-order valence-corrected chi connectivity index (χ4v) is 2.83. The van der Waals surface area contributed by atoms with Crippen LogP contribution >= 0.6 is 0 Å². The molecule has 0 radical (unpaired) electrons. The molecule has 1 fully saturated rings. The van der Waals surface area contributed by atoms with Gasteiger partial charge in [-0.15, -0.1) is 0 Å². The van der Waals surface area contributed by atoms with Gasteiger partial charge in [-0.1, -0.05) is 6.92 Å². The van der Waals surface area contributed by atoms with Gasteiger partial charge in [-0.25, -0.2) is 4.79 Å². The third-order valence-corrected chi connectivity index (χ3v) is 4.03. The minimum Gasteiger partial charge on any atom is -0.332 e. The van der Waals surface area contributed by atoms with Crippen LogP contribution in [0.1, 0.15) is 25.5 Å². The number of amides is 2. The summed E-state index contributed by atoms with van der Waals surface area (Å²) in [7, 11) is 1.85. The molecule has 118 valence electrons. The second-order valence-corrected chi connectivity index (χ2v) is 5.81. The fourth-order valence-electron chi connectivity index (χ4n) is 2.83. The topological polar surface area (TPSA) is 91.7 Å². The number of aromatic amines is 1. The van der Waals surface area contributed by atoms with Crippen molar-refractivity contribution in [3.63, 3.8) is 0 Å². The Bertz CT molecular complexity index is 647. The van der Waals surface area contributed by atoms with Crippen molar-refractivity contribution in [3.8, 4) is 11.4 Å². The molecule has 2 N–H and O–H groups in total. The molecular formula is C14H21N7O. The first-order valence-electron chi connectivity index (χ1n) is 7.56. The minimum absolute atomic E-state index is 0.0366. The zero-order valence-electron chi connectivity index (χ0n) is 12.9. The number of urea groups is 1. The van der Waals surface area contributed by atoms with E-state index in [9.17, 15) is 4.79 Å². The van der Waals surface area contributed by atoms with Crippen molar-refractivity contribution in [1.82, 2.24) is 35.4 Å². The second kappa shape index (κ2) is 6.17. The van der Waals surface area contributed by atoms with E-state index in [-0.39, 0.29) is 6.03 Å². The van der Waals surface area contributed by atoms with Crippen LogP contribution in [0, 0.1) is 5.92 Å². The lowest BCUT2D eigenvalue weighted by atomic mass is 10.0. The summed E-state index contributed by atoms with van der Waals surface area (Å²) >= 11 is 0. The van der Waals surface area contributed by atoms with E-state index >= 15 is 0 Å². The SMILES string of the molecule is CC1CCCN(C(=O)NCc2n[nH]nc2-c2ccnn2C)C1. The summed E-state index contributed by atoms with van der Waals surface area (Å²) in [5.41, 5.74) is 2.29. The lowest BCUT2D eigenvalue weighted by Gasteiger charge is -2.30. The molecule has 2 aromatic rings. The van der Waals surface area contributed by atoms with Crippen LogP contribution in [0.5, 0.6) is 0 Å². The van der Waals surface area contributed by atoms with Crippen LogP contribution in [0.15, 0.2) is 12.3 Å². The van der Waals surface area contributed by atoms with Crippen LogP contribution in [0.4, 0.5) is 4.79 Å². The van der Waals surface area contributed by atoms with E-state index < -0.39 is 0 Å². The van der Waals surface area contributed by atoms with Gasteiger partial charge in [-0.3, -0.25) is 4.68 Å². The van der Waals surface area contributed by atoms with E-state index in [1.807, 2.05) is 18.0 Å². The highest BCUT2D eigenvalue weighted by atomic mass is 16.2. The number of hydrogen-bond acceptors (Lipinski definition) is 4. The van der Waals surface area contributed by atoms with Crippen molar-refractivity contribution in [2.24, 2.45) is 13.0 Å². The summed E-state index contributed by atoms with van der Waals surface area (Å²) in [5.74, 6) is 0.566. The molecular weight excluding hydrogens is 282 g/mol. The first kappa shape index (κ1) is 14.6. The maximum atomic E-state index is 12.2. The molecule has 2 amide bonds. The Morgan fingerprint density at radius 3 is 3.09 bits per heavy atom. The largest absolute Gasteiger partial charge is 0.332 e. The van der Waals surface area contributed by atoms with E-state index in [0.717, 1.165) is 25.2 Å². The number of hydrogen-bond donors (Lipinski definition) is 2. The van der Waals surface area contributed by atoms with Gasteiger partial charge in [0, 0.05) is 26.3 Å². The zero-order chi connectivity index (χ0) is 15.5. The molecule has 1 atom stereocenters. The van der Waals surface area contributed by atoms with Crippen molar-refractivity contribution in [1.29, 1.82) is 0 Å². The van der Waals surface area contributed by atoms with Crippen molar-refractivity contribution < 1.29 is 4.79 Å². The van der Waals surface area contributed by atoms with Crippen LogP contribution in [0.2, 0.25) is 0 Å². The van der Waals surface area contributed by atoms with Gasteiger partial charge in [-0.2, -0.15) is 20.5 Å². The lowest BCUT2D eigenvalue weighted by Crippen LogP contribution is -2.44. The molecule has 0 bridgehead atoms. The number of aryl methyl sites for hydroxylation is 1. The van der Waals surface area contributed by atoms with E-state index in [0.29, 0.717) is 23.9 Å². The summed E-state index contributed by atoms with van der Waals surface area (Å²) in [6.07, 6.45) is 3.97. The highest BCUT2D eigenvalue weighted by molar-refractivity contribution is 5.74. The van der Waals surface area contributed by atoms with Gasteiger partial charge >= 0.3 is 6.03 Å². The van der Waals surface area contributed by atoms with E-state index in [1.54, 1.807) is 10.9 Å². The molecule has 8 heteroatoms. The van der Waals surface area contributed by atoms with Gasteiger partial charge in [0.25, 0.3) is 0 Å². The Morgan fingerprint density at radius 2 is 2.36 bits per heavy atom. The predicted octanol–water partition coefficient (Wildman–Crippen LogP) is 1.15. The number of carbonyl (C=O) groups excluding carboxylic acids is 1. The highest BCUT2D eigenvalue weighted by Gasteiger charge is 2.21. The van der Waals surface area contributed by atoms with Gasteiger partial charge in [0.2, 0.25) is 0 Å². The molecule has 3 rings (SSSR count). The molecule has 0 aliphatic carbocycles. The number of nitrogens with one attached hydrogen (secondary N) is 2. The zero-order valence-corrected chi connectivity index (χ0v) is 12.9. The summed E-state index contributed by atoms with van der Waals surface area (Å²) in [6, 6.07) is 1.83. The van der Waals surface area contributed by atoms with Crippen molar-refractivity contribution >= 4 is 6.03 Å². The average Bonchev–Trinajstić information content (AvgIpc) is 3.12. The van der Waals surface area contributed by atoms with Crippen molar-refractivity contribution in [2.45, 2.75) is 26.3 Å². The van der Waals surface area contributed by atoms with E-state index in [2.05, 4.69) is 32.7 Å². The number of carbonyl (C=O) groups is 1. The van der Waals surface area contributed by atoms with Crippen molar-refractivity contribution in [3.05, 3.63) is 18.0 Å². The standard InChI is InChI=1S/C14H21N7O/c1-10-4-3-7-21(9-10)14(22)15-8-11-13(18-19-17-11)12-5-6-16-20(12)2/h5-6,10H,3-4,7-9H2,1-2H3,(H,15,22)(H,17,18,19). The molecule has 0 aromatic carbocycles. The maximum Gasteiger partial charge on any atom is 0.317 e. The molecule has 1 aliphatic rings. The Kier molecular flexibility index (Phi) is 4.08. The fraction of sp³-hybridized carbons (Fsp3) is 0.571. The van der Waals surface area contributed by atoms with Gasteiger partial charge in [0.05, 0.1) is 12.2 Å².